The predicted molar refractivity (Wildman–Crippen MR) is 76.5 cm³/mol. The molecule has 0 saturated carbocycles. The summed E-state index contributed by atoms with van der Waals surface area (Å²) in [6, 6.07) is 11.7. The normalized spacial score (nSPS) is 13.8. The maximum Gasteiger partial charge on any atom is 0.260 e. The molecule has 0 fully saturated rings. The molecule has 0 unspecified atom stereocenters. The van der Waals surface area contributed by atoms with Crippen LogP contribution < -0.4 is 4.90 Å². The summed E-state index contributed by atoms with van der Waals surface area (Å²) in [4.78, 5) is 22.5. The first-order valence-electron chi connectivity index (χ1n) is 6.54. The number of pyridine rings is 2. The number of amides is 1. The third kappa shape index (κ3) is 1.86. The molecule has 5 heteroatoms. The van der Waals surface area contributed by atoms with Crippen molar-refractivity contribution in [2.24, 2.45) is 0 Å². The third-order valence-corrected chi connectivity index (χ3v) is 3.60. The van der Waals surface area contributed by atoms with Crippen molar-refractivity contribution in [1.82, 2.24) is 9.97 Å². The molecule has 0 bridgehead atoms. The summed E-state index contributed by atoms with van der Waals surface area (Å²) < 4.78 is 13.3. The van der Waals surface area contributed by atoms with Crippen LogP contribution in [0, 0.1) is 5.82 Å². The molecule has 0 saturated heterocycles. The smallest absolute Gasteiger partial charge is 0.260 e. The van der Waals surface area contributed by atoms with E-state index in [-0.39, 0.29) is 5.91 Å². The van der Waals surface area contributed by atoms with Gasteiger partial charge in [0.05, 0.1) is 6.54 Å². The van der Waals surface area contributed by atoms with E-state index in [9.17, 15) is 9.18 Å². The Morgan fingerprint density at radius 1 is 1.14 bits per heavy atom. The lowest BCUT2D eigenvalue weighted by Crippen LogP contribution is -2.24. The Balaban J connectivity index is 1.78. The minimum absolute atomic E-state index is 0.229. The third-order valence-electron chi connectivity index (χ3n) is 3.60. The first-order valence-corrected chi connectivity index (χ1v) is 6.54. The highest BCUT2D eigenvalue weighted by atomic mass is 19.1. The van der Waals surface area contributed by atoms with Crippen molar-refractivity contribution in [3.8, 4) is 0 Å². The lowest BCUT2D eigenvalue weighted by molar-refractivity contribution is 0.0995. The molecule has 0 spiro atoms. The number of anilines is 1. The zero-order valence-corrected chi connectivity index (χ0v) is 11.0. The number of carbonyl (C=O) groups is 1. The van der Waals surface area contributed by atoms with E-state index in [1.807, 2.05) is 18.2 Å². The molecule has 2 aromatic heterocycles. The molecule has 1 aromatic carbocycles. The summed E-state index contributed by atoms with van der Waals surface area (Å²) in [5.74, 6) is -0.104. The molecule has 0 N–H and O–H groups in total. The zero-order chi connectivity index (χ0) is 14.4. The monoisotopic (exact) mass is 279 g/mol. The number of fused-ring (bicyclic) bond motifs is 2. The predicted octanol–water partition coefficient (Wildman–Crippen LogP) is 2.93. The maximum absolute atomic E-state index is 13.3. The van der Waals surface area contributed by atoms with Crippen LogP contribution in [-0.2, 0) is 6.54 Å². The number of nitrogens with zero attached hydrogens (tertiary/aromatic N) is 3. The van der Waals surface area contributed by atoms with Gasteiger partial charge in [-0.05, 0) is 42.0 Å². The van der Waals surface area contributed by atoms with Crippen LogP contribution in [0.15, 0.2) is 48.7 Å². The van der Waals surface area contributed by atoms with E-state index in [4.69, 9.17) is 0 Å². The van der Waals surface area contributed by atoms with Gasteiger partial charge >= 0.3 is 0 Å². The second-order valence-electron chi connectivity index (χ2n) is 4.91. The van der Waals surface area contributed by atoms with Crippen molar-refractivity contribution in [2.75, 3.05) is 4.90 Å². The maximum atomic E-state index is 13.3. The molecule has 0 atom stereocenters. The fourth-order valence-corrected chi connectivity index (χ4v) is 2.55. The highest BCUT2D eigenvalue weighted by Crippen LogP contribution is 2.28. The number of carbonyl (C=O) groups excluding carboxylic acids is 1. The Labute approximate surface area is 119 Å². The molecule has 3 aromatic rings. The molecular weight excluding hydrogens is 269 g/mol. The Kier molecular flexibility index (Phi) is 2.47. The number of aromatic nitrogens is 2. The number of rotatable bonds is 1. The summed E-state index contributed by atoms with van der Waals surface area (Å²) in [5, 5.41) is 0.913. The van der Waals surface area contributed by atoms with Crippen LogP contribution >= 0.6 is 0 Å². The van der Waals surface area contributed by atoms with Gasteiger partial charge in [0, 0.05) is 17.1 Å². The Bertz CT molecular complexity index is 878. The topological polar surface area (TPSA) is 46.1 Å². The molecule has 1 amide bonds. The van der Waals surface area contributed by atoms with E-state index in [1.165, 1.54) is 17.0 Å². The van der Waals surface area contributed by atoms with E-state index in [2.05, 4.69) is 9.97 Å². The van der Waals surface area contributed by atoms with Gasteiger partial charge in [-0.1, -0.05) is 6.07 Å². The summed E-state index contributed by atoms with van der Waals surface area (Å²) in [7, 11) is 0. The van der Waals surface area contributed by atoms with E-state index in [0.717, 1.165) is 10.9 Å². The van der Waals surface area contributed by atoms with Crippen molar-refractivity contribution in [1.29, 1.82) is 0 Å². The minimum atomic E-state index is -0.405. The molecule has 102 valence electrons. The van der Waals surface area contributed by atoms with Gasteiger partial charge in [0.1, 0.15) is 11.6 Å². The number of benzene rings is 1. The van der Waals surface area contributed by atoms with E-state index >= 15 is 0 Å². The summed E-state index contributed by atoms with van der Waals surface area (Å²) in [6.07, 6.45) is 1.66. The van der Waals surface area contributed by atoms with E-state index in [1.54, 1.807) is 18.3 Å². The molecule has 3 heterocycles. The summed E-state index contributed by atoms with van der Waals surface area (Å²) in [5.41, 5.74) is 1.80. The average molecular weight is 279 g/mol. The lowest BCUT2D eigenvalue weighted by Gasteiger charge is -2.14. The lowest BCUT2D eigenvalue weighted by atomic mass is 10.1. The molecule has 4 nitrogen and oxygen atoms in total. The second kappa shape index (κ2) is 4.34. The van der Waals surface area contributed by atoms with Crippen LogP contribution in [0.5, 0.6) is 0 Å². The SMILES string of the molecule is O=C1c2cc(F)ccc2CN1c1ccc2cccnc2n1. The highest BCUT2D eigenvalue weighted by Gasteiger charge is 2.29. The number of hydrogen-bond acceptors (Lipinski definition) is 3. The Morgan fingerprint density at radius 3 is 2.95 bits per heavy atom. The fourth-order valence-electron chi connectivity index (χ4n) is 2.55. The van der Waals surface area contributed by atoms with Crippen molar-refractivity contribution >= 4 is 22.8 Å². The standard InChI is InChI=1S/C16H10FN3O/c17-12-5-3-11-9-20(16(21)13(11)8-12)14-6-4-10-2-1-7-18-15(10)19-14/h1-8H,9H2. The van der Waals surface area contributed by atoms with E-state index < -0.39 is 5.82 Å². The van der Waals surface area contributed by atoms with Crippen molar-refractivity contribution < 1.29 is 9.18 Å². The molecule has 21 heavy (non-hydrogen) atoms. The molecule has 4 rings (SSSR count). The van der Waals surface area contributed by atoms with Gasteiger partial charge in [0.2, 0.25) is 0 Å². The first kappa shape index (κ1) is 12.0. The largest absolute Gasteiger partial charge is 0.288 e. The van der Waals surface area contributed by atoms with Crippen LogP contribution in [0.1, 0.15) is 15.9 Å². The summed E-state index contributed by atoms with van der Waals surface area (Å²) in [6.45, 7) is 0.403. The van der Waals surface area contributed by atoms with Gasteiger partial charge in [-0.3, -0.25) is 9.69 Å². The summed E-state index contributed by atoms with van der Waals surface area (Å²) >= 11 is 0. The highest BCUT2D eigenvalue weighted by molar-refractivity contribution is 6.09. The zero-order valence-electron chi connectivity index (χ0n) is 11.0. The van der Waals surface area contributed by atoms with Crippen molar-refractivity contribution in [3.05, 3.63) is 65.6 Å². The van der Waals surface area contributed by atoms with Gasteiger partial charge in [-0.25, -0.2) is 14.4 Å². The first-order chi connectivity index (χ1) is 10.2. The fraction of sp³-hybridized carbons (Fsp3) is 0.0625. The molecular formula is C16H10FN3O. The van der Waals surface area contributed by atoms with Crippen molar-refractivity contribution in [3.63, 3.8) is 0 Å². The van der Waals surface area contributed by atoms with Crippen LogP contribution in [0.2, 0.25) is 0 Å². The molecule has 0 radical (unpaired) electrons. The second-order valence-corrected chi connectivity index (χ2v) is 4.91. The van der Waals surface area contributed by atoms with Crippen LogP contribution in [0.4, 0.5) is 10.2 Å². The minimum Gasteiger partial charge on any atom is -0.288 e. The Morgan fingerprint density at radius 2 is 2.05 bits per heavy atom. The molecule has 1 aliphatic heterocycles. The van der Waals surface area contributed by atoms with Gasteiger partial charge in [-0.15, -0.1) is 0 Å². The quantitative estimate of drug-likeness (QED) is 0.688. The van der Waals surface area contributed by atoms with Gasteiger partial charge < -0.3 is 0 Å². The molecule has 1 aliphatic rings. The van der Waals surface area contributed by atoms with Crippen LogP contribution in [-0.4, -0.2) is 15.9 Å². The molecule has 0 aliphatic carbocycles. The van der Waals surface area contributed by atoms with Crippen LogP contribution in [0.3, 0.4) is 0 Å². The van der Waals surface area contributed by atoms with Crippen LogP contribution in [0.25, 0.3) is 11.0 Å². The van der Waals surface area contributed by atoms with Crippen molar-refractivity contribution in [2.45, 2.75) is 6.54 Å². The Hall–Kier alpha value is -2.82. The number of halogens is 1. The van der Waals surface area contributed by atoms with E-state index in [0.29, 0.717) is 23.6 Å². The number of hydrogen-bond donors (Lipinski definition) is 0. The van der Waals surface area contributed by atoms with Gasteiger partial charge in [0.25, 0.3) is 5.91 Å². The van der Waals surface area contributed by atoms with Gasteiger partial charge in [-0.2, -0.15) is 0 Å². The average Bonchev–Trinajstić information content (AvgIpc) is 2.84. The van der Waals surface area contributed by atoms with Gasteiger partial charge in [0.15, 0.2) is 5.65 Å².